The number of halogens is 2. The molecule has 0 aliphatic rings. The van der Waals surface area contributed by atoms with Crippen molar-refractivity contribution < 1.29 is 23.4 Å². The Kier molecular flexibility index (Phi) is 5.48. The summed E-state index contributed by atoms with van der Waals surface area (Å²) >= 11 is 0. The molecule has 1 unspecified atom stereocenters. The topological polar surface area (TPSA) is 84.6 Å². The zero-order chi connectivity index (χ0) is 16.2. The molecule has 0 saturated heterocycles. The van der Waals surface area contributed by atoms with Gasteiger partial charge in [-0.15, -0.1) is 0 Å². The maximum Gasteiger partial charge on any atom is 0.412 e. The first-order valence-corrected chi connectivity index (χ1v) is 6.44. The van der Waals surface area contributed by atoms with Crippen LogP contribution in [0.3, 0.4) is 0 Å². The fourth-order valence-corrected chi connectivity index (χ4v) is 1.63. The molecule has 0 heterocycles. The normalized spacial score (nSPS) is 13.1. The van der Waals surface area contributed by atoms with E-state index < -0.39 is 24.2 Å². The molecule has 0 aliphatic heterocycles. The van der Waals surface area contributed by atoms with Crippen LogP contribution in [0.15, 0.2) is 18.2 Å². The molecule has 1 aromatic carbocycles. The van der Waals surface area contributed by atoms with E-state index in [9.17, 15) is 18.7 Å². The first kappa shape index (κ1) is 17.2. The summed E-state index contributed by atoms with van der Waals surface area (Å²) in [5.74, 6) is -0.0961. The van der Waals surface area contributed by atoms with Crippen molar-refractivity contribution in [1.29, 1.82) is 0 Å². The van der Waals surface area contributed by atoms with E-state index in [1.807, 2.05) is 0 Å². The van der Waals surface area contributed by atoms with Gasteiger partial charge < -0.3 is 15.6 Å². The van der Waals surface area contributed by atoms with Crippen molar-refractivity contribution >= 4 is 11.8 Å². The molecule has 1 atom stereocenters. The molecule has 21 heavy (non-hydrogen) atoms. The van der Waals surface area contributed by atoms with Gasteiger partial charge in [0.15, 0.2) is 0 Å². The molecule has 1 amide bonds. The van der Waals surface area contributed by atoms with E-state index in [1.165, 1.54) is 18.2 Å². The third kappa shape index (κ3) is 5.95. The quantitative estimate of drug-likeness (QED) is 0.747. The molecule has 0 aliphatic carbocycles. The standard InChI is InChI=1S/C14H20F2N2O3/c1-14(2,3)21-13(20)18-11-5-4-9(19)6-8(11)7-10(17)12(15)16/h4-6,10,12,19H,7,17H2,1-3H3,(H,18,20). The Morgan fingerprint density at radius 1 is 1.43 bits per heavy atom. The Bertz CT molecular complexity index is 501. The van der Waals surface area contributed by atoms with Crippen LogP contribution in [-0.4, -0.2) is 29.3 Å². The summed E-state index contributed by atoms with van der Waals surface area (Å²) in [5.41, 5.74) is 5.23. The number of hydrogen-bond acceptors (Lipinski definition) is 4. The summed E-state index contributed by atoms with van der Waals surface area (Å²) in [5, 5.41) is 11.9. The zero-order valence-corrected chi connectivity index (χ0v) is 12.2. The van der Waals surface area contributed by atoms with Crippen LogP contribution < -0.4 is 11.1 Å². The van der Waals surface area contributed by atoms with Gasteiger partial charge in [0, 0.05) is 5.69 Å². The SMILES string of the molecule is CC(C)(C)OC(=O)Nc1ccc(O)cc1CC(N)C(F)F. The largest absolute Gasteiger partial charge is 0.508 e. The number of anilines is 1. The van der Waals surface area contributed by atoms with Crippen molar-refractivity contribution in [3.63, 3.8) is 0 Å². The summed E-state index contributed by atoms with van der Waals surface area (Å²) in [6, 6.07) is 2.65. The van der Waals surface area contributed by atoms with Gasteiger partial charge in [0.05, 0.1) is 6.04 Å². The van der Waals surface area contributed by atoms with Crippen molar-refractivity contribution in [2.75, 3.05) is 5.32 Å². The maximum atomic E-state index is 12.5. The number of aromatic hydroxyl groups is 1. The first-order chi connectivity index (χ1) is 9.58. The van der Waals surface area contributed by atoms with E-state index in [0.29, 0.717) is 5.56 Å². The molecule has 0 saturated carbocycles. The zero-order valence-electron chi connectivity index (χ0n) is 12.2. The van der Waals surface area contributed by atoms with Gasteiger partial charge in [-0.05, 0) is 51.0 Å². The average molecular weight is 302 g/mol. The van der Waals surface area contributed by atoms with E-state index >= 15 is 0 Å². The van der Waals surface area contributed by atoms with Gasteiger partial charge in [0.1, 0.15) is 11.4 Å². The first-order valence-electron chi connectivity index (χ1n) is 6.44. The molecule has 0 spiro atoms. The van der Waals surface area contributed by atoms with E-state index in [-0.39, 0.29) is 17.9 Å². The van der Waals surface area contributed by atoms with Crippen LogP contribution in [0.5, 0.6) is 5.75 Å². The highest BCUT2D eigenvalue weighted by Gasteiger charge is 2.20. The third-order valence-electron chi connectivity index (χ3n) is 2.50. The van der Waals surface area contributed by atoms with Gasteiger partial charge in [-0.1, -0.05) is 0 Å². The molecular weight excluding hydrogens is 282 g/mol. The third-order valence-corrected chi connectivity index (χ3v) is 2.50. The van der Waals surface area contributed by atoms with Crippen LogP contribution in [0.2, 0.25) is 0 Å². The highest BCUT2D eigenvalue weighted by atomic mass is 19.3. The highest BCUT2D eigenvalue weighted by molar-refractivity contribution is 5.86. The minimum atomic E-state index is -2.69. The number of rotatable bonds is 4. The second-order valence-electron chi connectivity index (χ2n) is 5.67. The molecule has 0 fully saturated rings. The van der Waals surface area contributed by atoms with Crippen molar-refractivity contribution in [2.24, 2.45) is 5.73 Å². The minimum Gasteiger partial charge on any atom is -0.508 e. The molecule has 118 valence electrons. The van der Waals surface area contributed by atoms with Crippen LogP contribution in [0, 0.1) is 0 Å². The summed E-state index contributed by atoms with van der Waals surface area (Å²) < 4.78 is 30.2. The molecule has 0 radical (unpaired) electrons. The number of nitrogens with one attached hydrogen (secondary N) is 1. The van der Waals surface area contributed by atoms with E-state index in [1.54, 1.807) is 20.8 Å². The van der Waals surface area contributed by atoms with E-state index in [0.717, 1.165) is 0 Å². The second-order valence-corrected chi connectivity index (χ2v) is 5.67. The monoisotopic (exact) mass is 302 g/mol. The number of benzene rings is 1. The van der Waals surface area contributed by atoms with Crippen molar-refractivity contribution in [3.05, 3.63) is 23.8 Å². The van der Waals surface area contributed by atoms with Gasteiger partial charge in [-0.2, -0.15) is 0 Å². The smallest absolute Gasteiger partial charge is 0.412 e. The number of nitrogens with two attached hydrogens (primary N) is 1. The van der Waals surface area contributed by atoms with Crippen LogP contribution in [0.1, 0.15) is 26.3 Å². The number of amides is 1. The van der Waals surface area contributed by atoms with Gasteiger partial charge in [-0.3, -0.25) is 5.32 Å². The summed E-state index contributed by atoms with van der Waals surface area (Å²) in [6.45, 7) is 5.12. The van der Waals surface area contributed by atoms with Crippen molar-refractivity contribution in [2.45, 2.75) is 45.3 Å². The maximum absolute atomic E-state index is 12.5. The number of alkyl halides is 2. The molecular formula is C14H20F2N2O3. The lowest BCUT2D eigenvalue weighted by Gasteiger charge is -2.21. The highest BCUT2D eigenvalue weighted by Crippen LogP contribution is 2.24. The van der Waals surface area contributed by atoms with Crippen molar-refractivity contribution in [3.8, 4) is 5.75 Å². The number of ether oxygens (including phenoxy) is 1. The lowest BCUT2D eigenvalue weighted by Crippen LogP contribution is -2.32. The molecule has 4 N–H and O–H groups in total. The summed E-state index contributed by atoms with van der Waals surface area (Å²) in [6.07, 6.45) is -3.58. The van der Waals surface area contributed by atoms with Gasteiger partial charge in [0.25, 0.3) is 6.43 Å². The van der Waals surface area contributed by atoms with Crippen LogP contribution >= 0.6 is 0 Å². The van der Waals surface area contributed by atoms with Crippen LogP contribution in [0.4, 0.5) is 19.3 Å². The fraction of sp³-hybridized carbons (Fsp3) is 0.500. The predicted molar refractivity (Wildman–Crippen MR) is 75.6 cm³/mol. The Balaban J connectivity index is 2.89. The van der Waals surface area contributed by atoms with E-state index in [4.69, 9.17) is 10.5 Å². The van der Waals surface area contributed by atoms with Gasteiger partial charge >= 0.3 is 6.09 Å². The lowest BCUT2D eigenvalue weighted by molar-refractivity contribution is 0.0635. The minimum absolute atomic E-state index is 0.0961. The number of carbonyl (C=O) groups is 1. The van der Waals surface area contributed by atoms with Crippen molar-refractivity contribution in [1.82, 2.24) is 0 Å². The Morgan fingerprint density at radius 3 is 2.57 bits per heavy atom. The number of hydrogen-bond donors (Lipinski definition) is 3. The van der Waals surface area contributed by atoms with Crippen LogP contribution in [-0.2, 0) is 11.2 Å². The summed E-state index contributed by atoms with van der Waals surface area (Å²) in [4.78, 5) is 11.7. The number of carbonyl (C=O) groups excluding carboxylic acids is 1. The van der Waals surface area contributed by atoms with Gasteiger partial charge in [0.2, 0.25) is 0 Å². The average Bonchev–Trinajstić information content (AvgIpc) is 2.30. The molecule has 0 bridgehead atoms. The number of phenolic OH excluding ortho intramolecular Hbond substituents is 1. The van der Waals surface area contributed by atoms with Crippen LogP contribution in [0.25, 0.3) is 0 Å². The molecule has 1 aromatic rings. The van der Waals surface area contributed by atoms with Gasteiger partial charge in [-0.25, -0.2) is 13.6 Å². The second kappa shape index (κ2) is 6.71. The lowest BCUT2D eigenvalue weighted by atomic mass is 10.0. The Hall–Kier alpha value is -1.89. The molecule has 1 rings (SSSR count). The Labute approximate surface area is 122 Å². The van der Waals surface area contributed by atoms with E-state index in [2.05, 4.69) is 5.32 Å². The Morgan fingerprint density at radius 2 is 2.05 bits per heavy atom. The predicted octanol–water partition coefficient (Wildman–Crippen LogP) is 2.87. The molecule has 0 aromatic heterocycles. The molecule has 7 heteroatoms. The fourth-order valence-electron chi connectivity index (χ4n) is 1.63. The summed E-state index contributed by atoms with van der Waals surface area (Å²) in [7, 11) is 0. The molecule has 5 nitrogen and oxygen atoms in total. The number of phenols is 1.